The van der Waals surface area contributed by atoms with Crippen LogP contribution in [0.1, 0.15) is 100 Å². The Kier molecular flexibility index (Phi) is 13.0. The van der Waals surface area contributed by atoms with Crippen LogP contribution in [0.25, 0.3) is 11.1 Å². The Morgan fingerprint density at radius 3 is 2.16 bits per heavy atom. The van der Waals surface area contributed by atoms with Crippen LogP contribution in [0.5, 0.6) is 5.75 Å². The van der Waals surface area contributed by atoms with Gasteiger partial charge in [-0.15, -0.1) is 0 Å². The zero-order valence-corrected chi connectivity index (χ0v) is 32.9. The molecule has 3 aromatic carbocycles. The van der Waals surface area contributed by atoms with E-state index in [1.165, 1.54) is 12.1 Å². The highest BCUT2D eigenvalue weighted by molar-refractivity contribution is 6.33. The number of ether oxygens (including phenoxy) is 3. The quantitative estimate of drug-likeness (QED) is 0.154. The smallest absolute Gasteiger partial charge is 0.410 e. The minimum Gasteiger partial charge on any atom is -0.483 e. The molecule has 1 aromatic heterocycles. The highest BCUT2D eigenvalue weighted by atomic mass is 35.5. The third-order valence-corrected chi connectivity index (χ3v) is 9.41. The lowest BCUT2D eigenvalue weighted by molar-refractivity contribution is 0.00940. The number of nitrogens with zero attached hydrogens (tertiary/aromatic N) is 3. The summed E-state index contributed by atoms with van der Waals surface area (Å²) in [5, 5.41) is 3.15. The first-order valence-electron chi connectivity index (χ1n) is 18.3. The summed E-state index contributed by atoms with van der Waals surface area (Å²) in [6.45, 7) is 11.0. The molecule has 1 fully saturated rings. The SMILES string of the molecule is CC(C)(C)OC(=O)NC1CCC(N(CC(c2ccccc2)c2ccc(Cl)c(-c3c(C(N)=O)ccc(OCc4ncccn4)c3F)c2)C(=O)OC(C)(C)C)CC1. The van der Waals surface area contributed by atoms with Gasteiger partial charge in [0, 0.05) is 53.1 Å². The van der Waals surface area contributed by atoms with Crippen molar-refractivity contribution in [2.45, 2.75) is 103 Å². The Hall–Kier alpha value is -5.23. The van der Waals surface area contributed by atoms with Crippen LogP contribution in [0.4, 0.5) is 14.0 Å². The molecule has 55 heavy (non-hydrogen) atoms. The minimum atomic E-state index is -0.846. The van der Waals surface area contributed by atoms with E-state index in [-0.39, 0.29) is 52.7 Å². The molecule has 4 aromatic rings. The first-order chi connectivity index (χ1) is 26.0. The van der Waals surface area contributed by atoms with Gasteiger partial charge in [-0.05, 0) is 109 Å². The van der Waals surface area contributed by atoms with Crippen LogP contribution < -0.4 is 15.8 Å². The fraction of sp³-hybridized carbons (Fsp3) is 0.405. The van der Waals surface area contributed by atoms with E-state index in [2.05, 4.69) is 15.3 Å². The van der Waals surface area contributed by atoms with Crippen LogP contribution in [-0.2, 0) is 16.1 Å². The Morgan fingerprint density at radius 2 is 1.55 bits per heavy atom. The lowest BCUT2D eigenvalue weighted by atomic mass is 9.86. The maximum absolute atomic E-state index is 16.5. The van der Waals surface area contributed by atoms with Crippen LogP contribution in [0.15, 0.2) is 79.1 Å². The van der Waals surface area contributed by atoms with Gasteiger partial charge in [-0.25, -0.2) is 23.9 Å². The van der Waals surface area contributed by atoms with Crippen LogP contribution in [0.3, 0.4) is 0 Å². The summed E-state index contributed by atoms with van der Waals surface area (Å²) in [5.74, 6) is -1.90. The number of nitrogens with two attached hydrogens (primary N) is 1. The van der Waals surface area contributed by atoms with Crippen LogP contribution in [0.2, 0.25) is 5.02 Å². The van der Waals surface area contributed by atoms with Gasteiger partial charge in [-0.3, -0.25) is 4.79 Å². The van der Waals surface area contributed by atoms with Gasteiger partial charge < -0.3 is 30.2 Å². The van der Waals surface area contributed by atoms with Gasteiger partial charge in [0.25, 0.3) is 0 Å². The van der Waals surface area contributed by atoms with Crippen molar-refractivity contribution in [3.63, 3.8) is 0 Å². The number of nitrogens with one attached hydrogen (secondary N) is 1. The van der Waals surface area contributed by atoms with Gasteiger partial charge in [-0.2, -0.15) is 0 Å². The molecule has 292 valence electrons. The summed E-state index contributed by atoms with van der Waals surface area (Å²) < 4.78 is 33.7. The zero-order valence-electron chi connectivity index (χ0n) is 32.1. The molecule has 1 heterocycles. The fourth-order valence-electron chi connectivity index (χ4n) is 6.62. The second kappa shape index (κ2) is 17.5. The van der Waals surface area contributed by atoms with Crippen LogP contribution in [-0.4, -0.2) is 62.8 Å². The van der Waals surface area contributed by atoms with Crippen molar-refractivity contribution >= 4 is 29.7 Å². The van der Waals surface area contributed by atoms with Crippen molar-refractivity contribution in [3.05, 3.63) is 112 Å². The topological polar surface area (TPSA) is 146 Å². The lowest BCUT2D eigenvalue weighted by Crippen LogP contribution is -2.49. The zero-order chi connectivity index (χ0) is 39.9. The van der Waals surface area contributed by atoms with E-state index >= 15 is 4.39 Å². The first-order valence-corrected chi connectivity index (χ1v) is 18.7. The van der Waals surface area contributed by atoms with Crippen LogP contribution >= 0.6 is 11.6 Å². The Labute approximate surface area is 326 Å². The molecule has 13 heteroatoms. The monoisotopic (exact) mass is 773 g/mol. The molecule has 11 nitrogen and oxygen atoms in total. The van der Waals surface area contributed by atoms with Gasteiger partial charge in [0.1, 0.15) is 17.8 Å². The number of hydrogen-bond acceptors (Lipinski definition) is 8. The molecule has 3 amide bonds. The number of halogens is 2. The number of benzene rings is 3. The summed E-state index contributed by atoms with van der Waals surface area (Å²) in [7, 11) is 0. The summed E-state index contributed by atoms with van der Waals surface area (Å²) in [6.07, 6.45) is 4.65. The molecule has 0 aliphatic heterocycles. The number of carbonyl (C=O) groups is 3. The number of amides is 3. The largest absolute Gasteiger partial charge is 0.483 e. The second-order valence-corrected chi connectivity index (χ2v) is 16.0. The van der Waals surface area contributed by atoms with Gasteiger partial charge in [0.15, 0.2) is 17.4 Å². The van der Waals surface area contributed by atoms with Gasteiger partial charge >= 0.3 is 12.2 Å². The van der Waals surface area contributed by atoms with E-state index in [1.54, 1.807) is 35.5 Å². The molecule has 0 radical (unpaired) electrons. The van der Waals surface area contributed by atoms with Crippen molar-refractivity contribution < 1.29 is 33.0 Å². The maximum Gasteiger partial charge on any atom is 0.410 e. The normalized spacial score (nSPS) is 16.4. The molecule has 1 unspecified atom stereocenters. The average Bonchev–Trinajstić information content (AvgIpc) is 3.11. The fourth-order valence-corrected chi connectivity index (χ4v) is 6.83. The molecule has 1 atom stereocenters. The predicted molar refractivity (Wildman–Crippen MR) is 208 cm³/mol. The molecule has 0 spiro atoms. The molecule has 3 N–H and O–H groups in total. The first kappa shape index (κ1) is 40.9. The standard InChI is InChI=1S/C42H49ClFN5O6/c1-41(2,3)54-39(51)48-28-14-16-29(17-15-28)49(40(52)55-42(4,5)6)24-32(26-11-8-7-9-12-26)27-13-19-33(43)31(23-27)36-30(38(45)50)18-20-34(37(36)44)53-25-35-46-21-10-22-47-35/h7-13,18-23,28-29,32H,14-17,24-25H2,1-6H3,(H2,45,50)(H,48,51). The summed E-state index contributed by atoms with van der Waals surface area (Å²) in [5.41, 5.74) is 6.02. The van der Waals surface area contributed by atoms with Gasteiger partial charge in [0.2, 0.25) is 5.91 Å². The maximum atomic E-state index is 16.5. The molecule has 1 aliphatic rings. The number of rotatable bonds is 11. The van der Waals surface area contributed by atoms with Crippen molar-refractivity contribution in [1.82, 2.24) is 20.2 Å². The van der Waals surface area contributed by atoms with Crippen molar-refractivity contribution in [2.75, 3.05) is 6.54 Å². The number of carbonyl (C=O) groups excluding carboxylic acids is 3. The van der Waals surface area contributed by atoms with Crippen LogP contribution in [0, 0.1) is 5.82 Å². The number of hydrogen-bond donors (Lipinski definition) is 2. The molecular weight excluding hydrogens is 725 g/mol. The van der Waals surface area contributed by atoms with Gasteiger partial charge in [-0.1, -0.05) is 48.0 Å². The molecule has 0 bridgehead atoms. The highest BCUT2D eigenvalue weighted by Gasteiger charge is 2.35. The third-order valence-electron chi connectivity index (χ3n) is 9.08. The second-order valence-electron chi connectivity index (χ2n) is 15.6. The minimum absolute atomic E-state index is 0.0803. The van der Waals surface area contributed by atoms with E-state index < -0.39 is 41.0 Å². The van der Waals surface area contributed by atoms with E-state index in [0.717, 1.165) is 5.56 Å². The summed E-state index contributed by atoms with van der Waals surface area (Å²) in [6, 6.07) is 18.9. The average molecular weight is 774 g/mol. The Morgan fingerprint density at radius 1 is 0.891 bits per heavy atom. The molecule has 0 saturated heterocycles. The van der Waals surface area contributed by atoms with E-state index in [9.17, 15) is 14.4 Å². The van der Waals surface area contributed by atoms with Crippen molar-refractivity contribution in [1.29, 1.82) is 0 Å². The van der Waals surface area contributed by atoms with Gasteiger partial charge in [0.05, 0.1) is 5.56 Å². The number of alkyl carbamates (subject to hydrolysis) is 1. The lowest BCUT2D eigenvalue weighted by Gasteiger charge is -2.39. The van der Waals surface area contributed by atoms with E-state index in [4.69, 9.17) is 31.5 Å². The van der Waals surface area contributed by atoms with E-state index in [1.807, 2.05) is 77.9 Å². The van der Waals surface area contributed by atoms with Crippen molar-refractivity contribution in [3.8, 4) is 16.9 Å². The highest BCUT2D eigenvalue weighted by Crippen LogP contribution is 2.40. The van der Waals surface area contributed by atoms with Crippen molar-refractivity contribution in [2.24, 2.45) is 5.73 Å². The third kappa shape index (κ3) is 11.2. The molecule has 1 saturated carbocycles. The van der Waals surface area contributed by atoms with E-state index in [0.29, 0.717) is 37.1 Å². The molecule has 5 rings (SSSR count). The Balaban J connectivity index is 1.51. The number of primary amides is 1. The summed E-state index contributed by atoms with van der Waals surface area (Å²) in [4.78, 5) is 49.3. The molecular formula is C42H49ClFN5O6. The number of aromatic nitrogens is 2. The predicted octanol–water partition coefficient (Wildman–Crippen LogP) is 8.82. The molecule has 1 aliphatic carbocycles. The summed E-state index contributed by atoms with van der Waals surface area (Å²) >= 11 is 6.79. The Bertz CT molecular complexity index is 1960.